The third kappa shape index (κ3) is 3.15. The number of aryl methyl sites for hydroxylation is 1. The number of carbonyl (C=O) groups excluding carboxylic acids is 1. The van der Waals surface area contributed by atoms with E-state index in [1.54, 1.807) is 13.2 Å². The van der Waals surface area contributed by atoms with Crippen molar-refractivity contribution in [2.24, 2.45) is 7.05 Å². The maximum atomic E-state index is 12.1. The van der Waals surface area contributed by atoms with Gasteiger partial charge >= 0.3 is 0 Å². The van der Waals surface area contributed by atoms with Gasteiger partial charge in [-0.25, -0.2) is 8.42 Å². The van der Waals surface area contributed by atoms with E-state index in [1.807, 2.05) is 0 Å². The first-order chi connectivity index (χ1) is 9.25. The molecule has 0 bridgehead atoms. The van der Waals surface area contributed by atoms with Gasteiger partial charge in [-0.3, -0.25) is 9.48 Å². The van der Waals surface area contributed by atoms with Crippen LogP contribution >= 0.6 is 0 Å². The Morgan fingerprint density at radius 3 is 2.60 bits per heavy atom. The van der Waals surface area contributed by atoms with Crippen molar-refractivity contribution >= 4 is 27.1 Å². The molecule has 8 heteroatoms. The van der Waals surface area contributed by atoms with Crippen molar-refractivity contribution in [3.8, 4) is 0 Å². The standard InChI is InChI=1S/C12H14N4O3S/c1-16-7-10(6-14-16)15-12(17)8-3-9(13)5-11(4-8)20(2,18)19/h3-7H,13H2,1-2H3,(H,15,17). The smallest absolute Gasteiger partial charge is 0.255 e. The van der Waals surface area contributed by atoms with E-state index in [9.17, 15) is 13.2 Å². The summed E-state index contributed by atoms with van der Waals surface area (Å²) in [5.41, 5.74) is 6.53. The predicted molar refractivity (Wildman–Crippen MR) is 75.1 cm³/mol. The van der Waals surface area contributed by atoms with Crippen LogP contribution in [0.5, 0.6) is 0 Å². The van der Waals surface area contributed by atoms with Gasteiger partial charge in [-0.05, 0) is 18.2 Å². The van der Waals surface area contributed by atoms with Crippen LogP contribution < -0.4 is 11.1 Å². The van der Waals surface area contributed by atoms with Gasteiger partial charge in [-0.15, -0.1) is 0 Å². The zero-order valence-electron chi connectivity index (χ0n) is 11.0. The molecule has 0 aliphatic heterocycles. The van der Waals surface area contributed by atoms with Crippen LogP contribution in [-0.4, -0.2) is 30.4 Å². The molecule has 3 N–H and O–H groups in total. The fourth-order valence-corrected chi connectivity index (χ4v) is 2.35. The average molecular weight is 294 g/mol. The lowest BCUT2D eigenvalue weighted by Gasteiger charge is -2.06. The molecular weight excluding hydrogens is 280 g/mol. The first-order valence-electron chi connectivity index (χ1n) is 5.66. The lowest BCUT2D eigenvalue weighted by molar-refractivity contribution is 0.102. The minimum Gasteiger partial charge on any atom is -0.399 e. The lowest BCUT2D eigenvalue weighted by Crippen LogP contribution is -2.13. The third-order valence-electron chi connectivity index (χ3n) is 2.58. The molecule has 7 nitrogen and oxygen atoms in total. The van der Waals surface area contributed by atoms with Gasteiger partial charge in [0.25, 0.3) is 5.91 Å². The van der Waals surface area contributed by atoms with Crippen LogP contribution in [0.1, 0.15) is 10.4 Å². The number of sulfone groups is 1. The molecule has 0 atom stereocenters. The zero-order valence-corrected chi connectivity index (χ0v) is 11.8. The normalized spacial score (nSPS) is 11.3. The highest BCUT2D eigenvalue weighted by Crippen LogP contribution is 2.18. The van der Waals surface area contributed by atoms with Crippen LogP contribution in [-0.2, 0) is 16.9 Å². The molecule has 106 valence electrons. The number of nitrogens with zero attached hydrogens (tertiary/aromatic N) is 2. The molecule has 0 unspecified atom stereocenters. The monoisotopic (exact) mass is 294 g/mol. The topological polar surface area (TPSA) is 107 Å². The first kappa shape index (κ1) is 14.1. The molecule has 1 aromatic carbocycles. The maximum absolute atomic E-state index is 12.1. The summed E-state index contributed by atoms with van der Waals surface area (Å²) < 4.78 is 24.6. The van der Waals surface area contributed by atoms with Crippen LogP contribution in [0.25, 0.3) is 0 Å². The molecule has 2 rings (SSSR count). The van der Waals surface area contributed by atoms with Crippen molar-refractivity contribution in [1.29, 1.82) is 0 Å². The number of nitrogens with one attached hydrogen (secondary N) is 1. The zero-order chi connectivity index (χ0) is 14.9. The molecule has 20 heavy (non-hydrogen) atoms. The van der Waals surface area contributed by atoms with Gasteiger partial charge in [-0.2, -0.15) is 5.10 Å². The fourth-order valence-electron chi connectivity index (χ4n) is 1.66. The Labute approximate surface area is 116 Å². The number of hydrogen-bond donors (Lipinski definition) is 2. The number of amides is 1. The third-order valence-corrected chi connectivity index (χ3v) is 3.67. The van der Waals surface area contributed by atoms with Crippen LogP contribution in [0, 0.1) is 0 Å². The quantitative estimate of drug-likeness (QED) is 0.809. The van der Waals surface area contributed by atoms with Crippen LogP contribution in [0.3, 0.4) is 0 Å². The number of aromatic nitrogens is 2. The fraction of sp³-hybridized carbons (Fsp3) is 0.167. The van der Waals surface area contributed by atoms with Crippen LogP contribution in [0.15, 0.2) is 35.5 Å². The minimum absolute atomic E-state index is 0.00818. The number of anilines is 2. The predicted octanol–water partition coefficient (Wildman–Crippen LogP) is 0.658. The molecule has 1 amide bonds. The summed E-state index contributed by atoms with van der Waals surface area (Å²) in [6, 6.07) is 4.02. The summed E-state index contributed by atoms with van der Waals surface area (Å²) >= 11 is 0. The Bertz CT molecular complexity index is 765. The molecule has 2 aromatic rings. The SMILES string of the molecule is Cn1cc(NC(=O)c2cc(N)cc(S(C)(=O)=O)c2)cn1. The van der Waals surface area contributed by atoms with Crippen LogP contribution in [0.2, 0.25) is 0 Å². The van der Waals surface area contributed by atoms with Gasteiger partial charge in [0.1, 0.15) is 0 Å². The van der Waals surface area contributed by atoms with E-state index in [1.165, 1.54) is 29.1 Å². The van der Waals surface area contributed by atoms with E-state index in [0.717, 1.165) is 6.26 Å². The van der Waals surface area contributed by atoms with Crippen molar-refractivity contribution in [3.05, 3.63) is 36.2 Å². The van der Waals surface area contributed by atoms with Gasteiger partial charge in [0.05, 0.1) is 16.8 Å². The Hall–Kier alpha value is -2.35. The lowest BCUT2D eigenvalue weighted by atomic mass is 10.2. The number of nitrogens with two attached hydrogens (primary N) is 1. The largest absolute Gasteiger partial charge is 0.399 e. The van der Waals surface area contributed by atoms with E-state index in [-0.39, 0.29) is 16.1 Å². The first-order valence-corrected chi connectivity index (χ1v) is 7.55. The molecule has 1 heterocycles. The minimum atomic E-state index is -3.43. The highest BCUT2D eigenvalue weighted by Gasteiger charge is 2.14. The number of carbonyl (C=O) groups is 1. The average Bonchev–Trinajstić information content (AvgIpc) is 2.72. The Kier molecular flexibility index (Phi) is 3.49. The maximum Gasteiger partial charge on any atom is 0.255 e. The Morgan fingerprint density at radius 2 is 2.05 bits per heavy atom. The summed E-state index contributed by atoms with van der Waals surface area (Å²) in [5.74, 6) is -0.449. The molecule has 0 radical (unpaired) electrons. The molecule has 0 aliphatic carbocycles. The molecular formula is C12H14N4O3S. The molecule has 0 saturated carbocycles. The second-order valence-electron chi connectivity index (χ2n) is 4.42. The second kappa shape index (κ2) is 4.97. The molecule has 0 aliphatic rings. The van der Waals surface area contributed by atoms with Gasteiger partial charge in [-0.1, -0.05) is 0 Å². The number of hydrogen-bond acceptors (Lipinski definition) is 5. The highest BCUT2D eigenvalue weighted by atomic mass is 32.2. The van der Waals surface area contributed by atoms with Gasteiger partial charge in [0.15, 0.2) is 9.84 Å². The van der Waals surface area contributed by atoms with Crippen LogP contribution in [0.4, 0.5) is 11.4 Å². The molecule has 1 aromatic heterocycles. The van der Waals surface area contributed by atoms with Crippen molar-refractivity contribution in [2.75, 3.05) is 17.3 Å². The van der Waals surface area contributed by atoms with E-state index < -0.39 is 15.7 Å². The van der Waals surface area contributed by atoms with E-state index >= 15 is 0 Å². The number of nitrogen functional groups attached to an aromatic ring is 1. The van der Waals surface area contributed by atoms with Crippen molar-refractivity contribution < 1.29 is 13.2 Å². The van der Waals surface area contributed by atoms with Crippen molar-refractivity contribution in [3.63, 3.8) is 0 Å². The van der Waals surface area contributed by atoms with E-state index in [2.05, 4.69) is 10.4 Å². The number of benzene rings is 1. The molecule has 0 saturated heterocycles. The summed E-state index contributed by atoms with van der Waals surface area (Å²) in [4.78, 5) is 12.1. The van der Waals surface area contributed by atoms with E-state index in [0.29, 0.717) is 5.69 Å². The second-order valence-corrected chi connectivity index (χ2v) is 6.44. The summed E-state index contributed by atoms with van der Waals surface area (Å²) in [7, 11) is -1.71. The summed E-state index contributed by atoms with van der Waals surface area (Å²) in [5, 5.41) is 6.53. The van der Waals surface area contributed by atoms with Crippen molar-refractivity contribution in [1.82, 2.24) is 9.78 Å². The Morgan fingerprint density at radius 1 is 1.35 bits per heavy atom. The Balaban J connectivity index is 2.33. The molecule has 0 spiro atoms. The molecule has 0 fully saturated rings. The summed E-state index contributed by atoms with van der Waals surface area (Å²) in [6.07, 6.45) is 4.17. The van der Waals surface area contributed by atoms with Gasteiger partial charge < -0.3 is 11.1 Å². The van der Waals surface area contributed by atoms with Crippen molar-refractivity contribution in [2.45, 2.75) is 4.90 Å². The highest BCUT2D eigenvalue weighted by molar-refractivity contribution is 7.90. The summed E-state index contributed by atoms with van der Waals surface area (Å²) in [6.45, 7) is 0. The van der Waals surface area contributed by atoms with E-state index in [4.69, 9.17) is 5.73 Å². The van der Waals surface area contributed by atoms with Gasteiger partial charge in [0.2, 0.25) is 0 Å². The van der Waals surface area contributed by atoms with Gasteiger partial charge in [0, 0.05) is 30.8 Å². The number of rotatable bonds is 3.